The molecule has 9 heavy (non-hydrogen) atoms. The summed E-state index contributed by atoms with van der Waals surface area (Å²) >= 11 is 0. The lowest BCUT2D eigenvalue weighted by atomic mass is 10.2. The molecule has 1 nitrogen and oxygen atoms in total. The highest BCUT2D eigenvalue weighted by molar-refractivity contribution is 5.75. The van der Waals surface area contributed by atoms with Crippen LogP contribution in [-0.4, -0.2) is 13.5 Å². The van der Waals surface area contributed by atoms with E-state index in [1.165, 1.54) is 0 Å². The molecule has 0 aliphatic rings. The van der Waals surface area contributed by atoms with Crippen LogP contribution < -0.4 is 0 Å². The molecule has 0 bridgehead atoms. The highest BCUT2D eigenvalue weighted by atomic mass is 16.3. The highest BCUT2D eigenvalue weighted by Gasteiger charge is 1.81. The van der Waals surface area contributed by atoms with Crippen molar-refractivity contribution in [1.82, 2.24) is 0 Å². The largest absolute Gasteiger partial charge is 0.392 e. The molecule has 0 aliphatic carbocycles. The molecule has 1 N–H and O–H groups in total. The zero-order valence-corrected chi connectivity index (χ0v) is 5.12. The van der Waals surface area contributed by atoms with Crippen LogP contribution in [-0.2, 0) is 6.61 Å². The molecule has 0 heterocycles. The topological polar surface area (TPSA) is 20.2 Å². The van der Waals surface area contributed by atoms with Crippen LogP contribution in [0, 0.1) is 0 Å². The van der Waals surface area contributed by atoms with Gasteiger partial charge >= 0.3 is 0 Å². The van der Waals surface area contributed by atoms with E-state index in [2.05, 4.69) is 0 Å². The van der Waals surface area contributed by atoms with Crippen LogP contribution in [0.4, 0.5) is 0 Å². The first-order valence-electron chi connectivity index (χ1n) is 2.58. The molecular formula is C7H8BO. The Hall–Kier alpha value is -0.755. The molecule has 0 aliphatic heterocycles. The lowest BCUT2D eigenvalue weighted by Crippen LogP contribution is -1.77. The van der Waals surface area contributed by atoms with Crippen molar-refractivity contribution in [3.8, 4) is 0 Å². The van der Waals surface area contributed by atoms with Gasteiger partial charge in [-0.1, -0.05) is 30.3 Å². The van der Waals surface area contributed by atoms with Gasteiger partial charge in [-0.3, -0.25) is 0 Å². The second-order valence-corrected chi connectivity index (χ2v) is 1.64. The molecule has 1 rings (SSSR count). The average Bonchev–Trinajstić information content (AvgIpc) is 1.90. The van der Waals surface area contributed by atoms with Crippen LogP contribution in [0.15, 0.2) is 30.3 Å². The lowest BCUT2D eigenvalue weighted by molar-refractivity contribution is 0.282. The van der Waals surface area contributed by atoms with Gasteiger partial charge in [0.15, 0.2) is 0 Å². The molecule has 1 aromatic rings. The van der Waals surface area contributed by atoms with E-state index in [1.807, 2.05) is 30.3 Å². The van der Waals surface area contributed by atoms with Gasteiger partial charge in [-0.25, -0.2) is 0 Å². The SMILES string of the molecule is OCc1ccccc1.[B]. The van der Waals surface area contributed by atoms with Gasteiger partial charge in [0.2, 0.25) is 0 Å². The summed E-state index contributed by atoms with van der Waals surface area (Å²) in [4.78, 5) is 0. The quantitative estimate of drug-likeness (QED) is 0.542. The summed E-state index contributed by atoms with van der Waals surface area (Å²) in [6.45, 7) is 0.140. The van der Waals surface area contributed by atoms with Gasteiger partial charge < -0.3 is 5.11 Å². The number of hydrogen-bond donors (Lipinski definition) is 1. The Balaban J connectivity index is 0.000000640. The Bertz CT molecular complexity index is 150. The van der Waals surface area contributed by atoms with Gasteiger partial charge in [-0.15, -0.1) is 0 Å². The maximum absolute atomic E-state index is 8.54. The smallest absolute Gasteiger partial charge is 0.0681 e. The zero-order chi connectivity index (χ0) is 5.82. The minimum absolute atomic E-state index is 0. The molecule has 0 fully saturated rings. The van der Waals surface area contributed by atoms with Crippen LogP contribution >= 0.6 is 0 Å². The fourth-order valence-electron chi connectivity index (χ4n) is 0.583. The summed E-state index contributed by atoms with van der Waals surface area (Å²) in [5.74, 6) is 0. The normalized spacial score (nSPS) is 8.11. The number of benzene rings is 1. The minimum atomic E-state index is 0. The Morgan fingerprint density at radius 1 is 1.11 bits per heavy atom. The fourth-order valence-corrected chi connectivity index (χ4v) is 0.583. The summed E-state index contributed by atoms with van der Waals surface area (Å²) in [5.41, 5.74) is 0.965. The Labute approximate surface area is 56.9 Å². The van der Waals surface area contributed by atoms with Crippen LogP contribution in [0.2, 0.25) is 0 Å². The van der Waals surface area contributed by atoms with Gasteiger partial charge in [-0.2, -0.15) is 0 Å². The predicted octanol–water partition coefficient (Wildman–Crippen LogP) is 0.798. The maximum Gasteiger partial charge on any atom is 0.0681 e. The van der Waals surface area contributed by atoms with Crippen LogP contribution in [0.5, 0.6) is 0 Å². The van der Waals surface area contributed by atoms with Crippen molar-refractivity contribution in [2.75, 3.05) is 0 Å². The molecule has 45 valence electrons. The van der Waals surface area contributed by atoms with Crippen molar-refractivity contribution in [1.29, 1.82) is 0 Å². The van der Waals surface area contributed by atoms with Crippen LogP contribution in [0.25, 0.3) is 0 Å². The molecule has 2 heteroatoms. The van der Waals surface area contributed by atoms with Crippen LogP contribution in [0.3, 0.4) is 0 Å². The maximum atomic E-state index is 8.54. The van der Waals surface area contributed by atoms with Crippen LogP contribution in [0.1, 0.15) is 5.56 Å². The van der Waals surface area contributed by atoms with Gasteiger partial charge in [0.05, 0.1) is 6.61 Å². The summed E-state index contributed by atoms with van der Waals surface area (Å²) in [5, 5.41) is 8.54. The van der Waals surface area contributed by atoms with E-state index in [0.29, 0.717) is 0 Å². The summed E-state index contributed by atoms with van der Waals surface area (Å²) in [6, 6.07) is 9.52. The number of aliphatic hydroxyl groups is 1. The summed E-state index contributed by atoms with van der Waals surface area (Å²) in [7, 11) is 0. The van der Waals surface area contributed by atoms with Crippen molar-refractivity contribution in [2.45, 2.75) is 6.61 Å². The van der Waals surface area contributed by atoms with Crippen molar-refractivity contribution in [3.05, 3.63) is 35.9 Å². The molecule has 0 unspecified atom stereocenters. The second kappa shape index (κ2) is 4.16. The lowest BCUT2D eigenvalue weighted by Gasteiger charge is -1.89. The fraction of sp³-hybridized carbons (Fsp3) is 0.143. The third kappa shape index (κ3) is 2.33. The van der Waals surface area contributed by atoms with Crippen molar-refractivity contribution >= 4 is 8.41 Å². The van der Waals surface area contributed by atoms with E-state index in [-0.39, 0.29) is 15.0 Å². The Kier molecular flexibility index (Phi) is 3.81. The first kappa shape index (κ1) is 8.24. The Morgan fingerprint density at radius 3 is 2.00 bits per heavy atom. The number of hydrogen-bond acceptors (Lipinski definition) is 1. The third-order valence-corrected chi connectivity index (χ3v) is 1.03. The molecule has 0 saturated heterocycles. The molecule has 0 spiro atoms. The monoisotopic (exact) mass is 119 g/mol. The predicted molar refractivity (Wildman–Crippen MR) is 38.1 cm³/mol. The van der Waals surface area contributed by atoms with E-state index in [0.717, 1.165) is 5.56 Å². The standard InChI is InChI=1S/C7H8O.B/c8-6-7-4-2-1-3-5-7;/h1-5,8H,6H2;. The number of aliphatic hydroxyl groups excluding tert-OH is 1. The average molecular weight is 119 g/mol. The van der Waals surface area contributed by atoms with Gasteiger partial charge in [0.1, 0.15) is 0 Å². The van der Waals surface area contributed by atoms with Crippen molar-refractivity contribution in [3.63, 3.8) is 0 Å². The second-order valence-electron chi connectivity index (χ2n) is 1.64. The highest BCUT2D eigenvalue weighted by Crippen LogP contribution is 1.95. The molecule has 0 atom stereocenters. The molecule has 0 aromatic heterocycles. The van der Waals surface area contributed by atoms with Crippen molar-refractivity contribution in [2.24, 2.45) is 0 Å². The van der Waals surface area contributed by atoms with E-state index < -0.39 is 0 Å². The molecule has 3 radical (unpaired) electrons. The number of rotatable bonds is 1. The summed E-state index contributed by atoms with van der Waals surface area (Å²) in [6.07, 6.45) is 0. The van der Waals surface area contributed by atoms with Gasteiger partial charge in [0, 0.05) is 8.41 Å². The molecule has 0 amide bonds. The minimum Gasteiger partial charge on any atom is -0.392 e. The van der Waals surface area contributed by atoms with E-state index >= 15 is 0 Å². The van der Waals surface area contributed by atoms with E-state index in [9.17, 15) is 0 Å². The zero-order valence-electron chi connectivity index (χ0n) is 5.12. The van der Waals surface area contributed by atoms with Gasteiger partial charge in [-0.05, 0) is 5.56 Å². The molecule has 0 saturated carbocycles. The first-order chi connectivity index (χ1) is 3.93. The molecule has 1 aromatic carbocycles. The first-order valence-corrected chi connectivity index (χ1v) is 2.58. The summed E-state index contributed by atoms with van der Waals surface area (Å²) < 4.78 is 0. The van der Waals surface area contributed by atoms with E-state index in [4.69, 9.17) is 5.11 Å². The van der Waals surface area contributed by atoms with Gasteiger partial charge in [0.25, 0.3) is 0 Å². The third-order valence-electron chi connectivity index (χ3n) is 1.03. The Morgan fingerprint density at radius 2 is 1.67 bits per heavy atom. The van der Waals surface area contributed by atoms with Crippen molar-refractivity contribution < 1.29 is 5.11 Å². The van der Waals surface area contributed by atoms with E-state index in [1.54, 1.807) is 0 Å². The molecular weight excluding hydrogens is 111 g/mol.